The average molecular weight is 412 g/mol. The molecule has 29 heavy (non-hydrogen) atoms. The first-order valence-corrected chi connectivity index (χ1v) is 11.4. The molecule has 1 aliphatic rings. The van der Waals surface area contributed by atoms with E-state index in [1.54, 1.807) is 4.90 Å². The zero-order chi connectivity index (χ0) is 20.6. The zero-order valence-electron chi connectivity index (χ0n) is 16.7. The summed E-state index contributed by atoms with van der Waals surface area (Å²) in [5.41, 5.74) is 4.39. The van der Waals surface area contributed by atoms with E-state index in [2.05, 4.69) is 11.1 Å². The number of fused-ring (bicyclic) bond motifs is 1. The monoisotopic (exact) mass is 411 g/mol. The Kier molecular flexibility index (Phi) is 5.19. The number of carbonyl (C=O) groups excluding carboxylic acids is 1. The number of hydrogen-bond acceptors (Lipinski definition) is 3. The zero-order valence-corrected chi connectivity index (χ0v) is 17.5. The largest absolute Gasteiger partial charge is 0.350 e. The maximum Gasteiger partial charge on any atom is 0.270 e. The summed E-state index contributed by atoms with van der Waals surface area (Å²) in [5, 5.41) is 1.05. The van der Waals surface area contributed by atoms with E-state index in [0.717, 1.165) is 27.6 Å². The van der Waals surface area contributed by atoms with Gasteiger partial charge in [-0.15, -0.1) is 0 Å². The Morgan fingerprint density at radius 3 is 2.38 bits per heavy atom. The fourth-order valence-corrected chi connectivity index (χ4v) is 5.37. The van der Waals surface area contributed by atoms with Crippen molar-refractivity contribution >= 4 is 26.8 Å². The molecule has 1 aliphatic heterocycles. The van der Waals surface area contributed by atoms with Crippen molar-refractivity contribution in [3.63, 3.8) is 0 Å². The maximum atomic E-state index is 13.0. The molecule has 1 N–H and O–H groups in total. The number of sulfonamides is 1. The highest BCUT2D eigenvalue weighted by molar-refractivity contribution is 7.88. The molecule has 0 unspecified atom stereocenters. The van der Waals surface area contributed by atoms with Gasteiger partial charge in [-0.25, -0.2) is 8.42 Å². The van der Waals surface area contributed by atoms with Gasteiger partial charge < -0.3 is 9.88 Å². The van der Waals surface area contributed by atoms with Gasteiger partial charge in [-0.05, 0) is 37.1 Å². The van der Waals surface area contributed by atoms with Crippen LogP contribution in [0.15, 0.2) is 48.5 Å². The first-order valence-electron chi connectivity index (χ1n) is 9.75. The molecule has 2 aromatic carbocycles. The van der Waals surface area contributed by atoms with Crippen LogP contribution in [0.2, 0.25) is 0 Å². The number of H-pyrrole nitrogens is 1. The van der Waals surface area contributed by atoms with E-state index in [9.17, 15) is 13.2 Å². The molecule has 0 radical (unpaired) electrons. The number of rotatable bonds is 4. The third-order valence-corrected chi connectivity index (χ3v) is 7.39. The van der Waals surface area contributed by atoms with Gasteiger partial charge in [0.25, 0.3) is 5.91 Å². The molecule has 1 saturated heterocycles. The van der Waals surface area contributed by atoms with Gasteiger partial charge in [-0.2, -0.15) is 4.31 Å². The molecule has 7 heteroatoms. The second-order valence-electron chi connectivity index (χ2n) is 7.61. The van der Waals surface area contributed by atoms with Crippen molar-refractivity contribution in [1.29, 1.82) is 0 Å². The van der Waals surface area contributed by atoms with Gasteiger partial charge in [0.1, 0.15) is 5.69 Å². The molecule has 0 spiro atoms. The summed E-state index contributed by atoms with van der Waals surface area (Å²) in [6, 6.07) is 15.3. The van der Waals surface area contributed by atoms with Gasteiger partial charge in [0.15, 0.2) is 0 Å². The lowest BCUT2D eigenvalue weighted by atomic mass is 10.1. The molecular weight excluding hydrogens is 386 g/mol. The van der Waals surface area contributed by atoms with Gasteiger partial charge in [0.2, 0.25) is 10.0 Å². The number of carbonyl (C=O) groups is 1. The first kappa shape index (κ1) is 19.7. The molecule has 6 nitrogen and oxygen atoms in total. The van der Waals surface area contributed by atoms with Gasteiger partial charge in [-0.1, -0.05) is 42.0 Å². The normalized spacial score (nSPS) is 15.7. The Labute approximate surface area is 171 Å². The lowest BCUT2D eigenvalue weighted by Crippen LogP contribution is -2.50. The number of hydrogen-bond donors (Lipinski definition) is 1. The van der Waals surface area contributed by atoms with Crippen LogP contribution in [0.5, 0.6) is 0 Å². The molecule has 0 saturated carbocycles. The summed E-state index contributed by atoms with van der Waals surface area (Å²) < 4.78 is 26.9. The number of benzene rings is 2. The summed E-state index contributed by atoms with van der Waals surface area (Å²) >= 11 is 0. The highest BCUT2D eigenvalue weighted by Gasteiger charge is 2.30. The summed E-state index contributed by atoms with van der Waals surface area (Å²) in [6.45, 7) is 5.40. The topological polar surface area (TPSA) is 73.5 Å². The van der Waals surface area contributed by atoms with E-state index in [1.165, 1.54) is 4.31 Å². The van der Waals surface area contributed by atoms with E-state index < -0.39 is 10.0 Å². The molecule has 4 rings (SSSR count). The van der Waals surface area contributed by atoms with Crippen molar-refractivity contribution in [2.45, 2.75) is 19.6 Å². The Hall–Kier alpha value is -2.64. The van der Waals surface area contributed by atoms with Gasteiger partial charge in [0, 0.05) is 37.1 Å². The molecule has 1 fully saturated rings. The molecule has 1 aromatic heterocycles. The van der Waals surface area contributed by atoms with E-state index >= 15 is 0 Å². The number of amides is 1. The molecule has 152 valence electrons. The Morgan fingerprint density at radius 1 is 1.00 bits per heavy atom. The van der Waals surface area contributed by atoms with Crippen molar-refractivity contribution < 1.29 is 13.2 Å². The molecule has 0 aliphatic carbocycles. The lowest BCUT2D eigenvalue weighted by Gasteiger charge is -2.34. The maximum absolute atomic E-state index is 13.0. The lowest BCUT2D eigenvalue weighted by molar-refractivity contribution is 0.0692. The van der Waals surface area contributed by atoms with E-state index in [-0.39, 0.29) is 11.7 Å². The van der Waals surface area contributed by atoms with Crippen LogP contribution >= 0.6 is 0 Å². The SMILES string of the molecule is Cc1ccc2[nH]c(C(=O)N3CCN(S(=O)(=O)Cc4ccccc4)CC3)c(C)c2c1. The molecule has 0 atom stereocenters. The Balaban J connectivity index is 1.46. The second-order valence-corrected chi connectivity index (χ2v) is 9.58. The third kappa shape index (κ3) is 3.93. The molecular formula is C22H25N3O3S. The predicted octanol–water partition coefficient (Wildman–Crippen LogP) is 3.07. The van der Waals surface area contributed by atoms with Crippen molar-refractivity contribution in [3.05, 3.63) is 70.9 Å². The highest BCUT2D eigenvalue weighted by atomic mass is 32.2. The minimum atomic E-state index is -3.40. The number of piperazine rings is 1. The number of nitrogens with one attached hydrogen (secondary N) is 1. The molecule has 0 bridgehead atoms. The summed E-state index contributed by atoms with van der Waals surface area (Å²) in [6.07, 6.45) is 0. The minimum Gasteiger partial charge on any atom is -0.350 e. The van der Waals surface area contributed by atoms with Crippen molar-refractivity contribution in [3.8, 4) is 0 Å². The number of nitrogens with zero attached hydrogens (tertiary/aromatic N) is 2. The van der Waals surface area contributed by atoms with E-state index in [0.29, 0.717) is 31.9 Å². The third-order valence-electron chi connectivity index (χ3n) is 5.54. The standard InChI is InChI=1S/C22H25N3O3S/c1-16-8-9-20-19(14-16)17(2)21(23-20)22(26)24-10-12-25(13-11-24)29(27,28)15-18-6-4-3-5-7-18/h3-9,14,23H,10-13,15H2,1-2H3. The Morgan fingerprint density at radius 2 is 1.69 bits per heavy atom. The van der Waals surface area contributed by atoms with Crippen molar-refractivity contribution in [2.24, 2.45) is 0 Å². The van der Waals surface area contributed by atoms with Crippen LogP contribution in [0.3, 0.4) is 0 Å². The van der Waals surface area contributed by atoms with Gasteiger partial charge in [0.05, 0.1) is 5.75 Å². The summed E-state index contributed by atoms with van der Waals surface area (Å²) in [7, 11) is -3.40. The van der Waals surface area contributed by atoms with Crippen LogP contribution in [0.4, 0.5) is 0 Å². The van der Waals surface area contributed by atoms with E-state index in [1.807, 2.05) is 56.3 Å². The fourth-order valence-electron chi connectivity index (χ4n) is 3.86. The minimum absolute atomic E-state index is 0.0116. The predicted molar refractivity (Wildman–Crippen MR) is 114 cm³/mol. The van der Waals surface area contributed by atoms with Crippen molar-refractivity contribution in [1.82, 2.24) is 14.2 Å². The van der Waals surface area contributed by atoms with Crippen LogP contribution in [0.25, 0.3) is 10.9 Å². The van der Waals surface area contributed by atoms with E-state index in [4.69, 9.17) is 0 Å². The van der Waals surface area contributed by atoms with Crippen LogP contribution in [-0.4, -0.2) is 54.7 Å². The summed E-state index contributed by atoms with van der Waals surface area (Å²) in [5.74, 6) is -0.0844. The molecule has 3 aromatic rings. The average Bonchev–Trinajstić information content (AvgIpc) is 3.04. The summed E-state index contributed by atoms with van der Waals surface area (Å²) in [4.78, 5) is 18.0. The smallest absolute Gasteiger partial charge is 0.270 e. The molecule has 1 amide bonds. The Bertz CT molecular complexity index is 1140. The quantitative estimate of drug-likeness (QED) is 0.717. The van der Waals surface area contributed by atoms with Crippen LogP contribution in [0.1, 0.15) is 27.2 Å². The van der Waals surface area contributed by atoms with Crippen LogP contribution < -0.4 is 0 Å². The van der Waals surface area contributed by atoms with Crippen LogP contribution in [0, 0.1) is 13.8 Å². The highest BCUT2D eigenvalue weighted by Crippen LogP contribution is 2.24. The second kappa shape index (κ2) is 7.65. The van der Waals surface area contributed by atoms with Crippen molar-refractivity contribution in [2.75, 3.05) is 26.2 Å². The van der Waals surface area contributed by atoms with Crippen LogP contribution in [-0.2, 0) is 15.8 Å². The number of aromatic nitrogens is 1. The number of aromatic amines is 1. The number of aryl methyl sites for hydroxylation is 2. The van der Waals surface area contributed by atoms with Gasteiger partial charge in [-0.3, -0.25) is 4.79 Å². The van der Waals surface area contributed by atoms with Gasteiger partial charge >= 0.3 is 0 Å². The first-order chi connectivity index (χ1) is 13.8. The fraction of sp³-hybridized carbons (Fsp3) is 0.318. The molecule has 2 heterocycles.